The van der Waals surface area contributed by atoms with E-state index in [1.165, 1.54) is 18.4 Å². The molecule has 0 N–H and O–H groups in total. The number of anilines is 1. The molecule has 96 valence electrons. The molecule has 1 spiro atoms. The first kappa shape index (κ1) is 11.6. The summed E-state index contributed by atoms with van der Waals surface area (Å²) in [6.07, 6.45) is 2.14. The Kier molecular flexibility index (Phi) is 2.25. The summed E-state index contributed by atoms with van der Waals surface area (Å²) in [7, 11) is 0. The maximum atomic E-state index is 12.2. The van der Waals surface area contributed by atoms with Crippen molar-refractivity contribution in [2.24, 2.45) is 0 Å². The molecule has 3 heteroatoms. The van der Waals surface area contributed by atoms with Crippen molar-refractivity contribution in [1.82, 2.24) is 0 Å². The third kappa shape index (κ3) is 1.78. The van der Waals surface area contributed by atoms with E-state index in [1.807, 2.05) is 32.9 Å². The fourth-order valence-corrected chi connectivity index (χ4v) is 2.69. The third-order valence-corrected chi connectivity index (χ3v) is 3.69. The lowest BCUT2D eigenvalue weighted by atomic mass is 9.99. The maximum Gasteiger partial charge on any atom is 0.414 e. The van der Waals surface area contributed by atoms with Crippen molar-refractivity contribution in [3.05, 3.63) is 29.8 Å². The zero-order chi connectivity index (χ0) is 13.0. The van der Waals surface area contributed by atoms with Crippen LogP contribution in [0.4, 0.5) is 10.5 Å². The predicted octanol–water partition coefficient (Wildman–Crippen LogP) is 3.47. The molecule has 0 atom stereocenters. The molecule has 1 saturated carbocycles. The van der Waals surface area contributed by atoms with Crippen molar-refractivity contribution in [3.63, 3.8) is 0 Å². The van der Waals surface area contributed by atoms with Crippen molar-refractivity contribution < 1.29 is 9.53 Å². The Morgan fingerprint density at radius 2 is 1.94 bits per heavy atom. The van der Waals surface area contributed by atoms with E-state index in [1.54, 1.807) is 4.90 Å². The van der Waals surface area contributed by atoms with E-state index in [-0.39, 0.29) is 11.5 Å². The van der Waals surface area contributed by atoms with Gasteiger partial charge in [-0.3, -0.25) is 4.90 Å². The van der Waals surface area contributed by atoms with Gasteiger partial charge in [-0.25, -0.2) is 4.79 Å². The summed E-state index contributed by atoms with van der Waals surface area (Å²) in [4.78, 5) is 14.0. The molecule has 1 aliphatic heterocycles. The van der Waals surface area contributed by atoms with Crippen LogP contribution in [-0.2, 0) is 10.2 Å². The second-order valence-electron chi connectivity index (χ2n) is 6.36. The van der Waals surface area contributed by atoms with Crippen molar-refractivity contribution in [1.29, 1.82) is 0 Å². The second kappa shape index (κ2) is 3.50. The SMILES string of the molecule is CC(C)(C)OC(=O)N1CC2(CC2)c2ccccc21. The summed E-state index contributed by atoms with van der Waals surface area (Å²) in [5, 5.41) is 0. The molecule has 1 aromatic rings. The molecule has 0 aromatic heterocycles. The molecule has 3 rings (SSSR count). The standard InChI is InChI=1S/C15H19NO2/c1-14(2,3)18-13(17)16-10-15(8-9-15)11-6-4-5-7-12(11)16/h4-7H,8-10H2,1-3H3. The number of fused-ring (bicyclic) bond motifs is 2. The van der Waals surface area contributed by atoms with Gasteiger partial charge in [-0.1, -0.05) is 18.2 Å². The number of ether oxygens (including phenoxy) is 1. The Labute approximate surface area is 108 Å². The first-order chi connectivity index (χ1) is 8.41. The van der Waals surface area contributed by atoms with Crippen LogP contribution in [0.3, 0.4) is 0 Å². The fraction of sp³-hybridized carbons (Fsp3) is 0.533. The highest BCUT2D eigenvalue weighted by Crippen LogP contribution is 2.56. The lowest BCUT2D eigenvalue weighted by molar-refractivity contribution is 0.0581. The van der Waals surface area contributed by atoms with Crippen LogP contribution in [0.5, 0.6) is 0 Å². The van der Waals surface area contributed by atoms with Crippen LogP contribution in [0.2, 0.25) is 0 Å². The molecule has 2 aliphatic rings. The average molecular weight is 245 g/mol. The number of hydrogen-bond acceptors (Lipinski definition) is 2. The van der Waals surface area contributed by atoms with Gasteiger partial charge < -0.3 is 4.74 Å². The zero-order valence-electron chi connectivity index (χ0n) is 11.2. The molecule has 1 fully saturated rings. The van der Waals surface area contributed by atoms with E-state index >= 15 is 0 Å². The first-order valence-corrected chi connectivity index (χ1v) is 6.51. The molecule has 1 aliphatic carbocycles. The second-order valence-corrected chi connectivity index (χ2v) is 6.36. The van der Waals surface area contributed by atoms with Gasteiger partial charge in [0.2, 0.25) is 0 Å². The highest BCUT2D eigenvalue weighted by Gasteiger charge is 2.53. The Morgan fingerprint density at radius 3 is 2.56 bits per heavy atom. The van der Waals surface area contributed by atoms with Gasteiger partial charge in [0.15, 0.2) is 0 Å². The average Bonchev–Trinajstić information content (AvgIpc) is 2.96. The zero-order valence-corrected chi connectivity index (χ0v) is 11.2. The van der Waals surface area contributed by atoms with E-state index < -0.39 is 5.60 Å². The number of carbonyl (C=O) groups is 1. The summed E-state index contributed by atoms with van der Waals surface area (Å²) >= 11 is 0. The van der Waals surface area contributed by atoms with Gasteiger partial charge >= 0.3 is 6.09 Å². The van der Waals surface area contributed by atoms with Crippen LogP contribution < -0.4 is 4.90 Å². The van der Waals surface area contributed by atoms with Crippen molar-refractivity contribution >= 4 is 11.8 Å². The minimum Gasteiger partial charge on any atom is -0.443 e. The largest absolute Gasteiger partial charge is 0.443 e. The first-order valence-electron chi connectivity index (χ1n) is 6.51. The minimum absolute atomic E-state index is 0.223. The van der Waals surface area contributed by atoms with Crippen molar-refractivity contribution in [2.45, 2.75) is 44.6 Å². The molecule has 0 saturated heterocycles. The van der Waals surface area contributed by atoms with Gasteiger partial charge in [-0.15, -0.1) is 0 Å². The van der Waals surface area contributed by atoms with Crippen LogP contribution in [-0.4, -0.2) is 18.2 Å². The van der Waals surface area contributed by atoms with Crippen LogP contribution in [0.25, 0.3) is 0 Å². The molecule has 0 unspecified atom stereocenters. The molecular formula is C15H19NO2. The Balaban J connectivity index is 1.90. The Bertz CT molecular complexity index is 497. The summed E-state index contributed by atoms with van der Waals surface area (Å²) < 4.78 is 5.49. The molecule has 18 heavy (non-hydrogen) atoms. The predicted molar refractivity (Wildman–Crippen MR) is 70.9 cm³/mol. The van der Waals surface area contributed by atoms with Gasteiger partial charge in [0.25, 0.3) is 0 Å². The fourth-order valence-electron chi connectivity index (χ4n) is 2.69. The van der Waals surface area contributed by atoms with Gasteiger partial charge in [0.1, 0.15) is 5.60 Å². The quantitative estimate of drug-likeness (QED) is 0.700. The number of rotatable bonds is 0. The molecule has 0 radical (unpaired) electrons. The highest BCUT2D eigenvalue weighted by atomic mass is 16.6. The number of amides is 1. The molecular weight excluding hydrogens is 226 g/mol. The lowest BCUT2D eigenvalue weighted by Gasteiger charge is -2.25. The summed E-state index contributed by atoms with van der Waals surface area (Å²) in [5.41, 5.74) is 2.14. The van der Waals surface area contributed by atoms with Gasteiger partial charge in [0.05, 0.1) is 5.69 Å². The number of hydrogen-bond donors (Lipinski definition) is 0. The Hall–Kier alpha value is -1.51. The van der Waals surface area contributed by atoms with Crippen molar-refractivity contribution in [3.8, 4) is 0 Å². The van der Waals surface area contributed by atoms with Gasteiger partial charge in [-0.2, -0.15) is 0 Å². The number of para-hydroxylation sites is 1. The summed E-state index contributed by atoms with van der Waals surface area (Å²) in [5.74, 6) is 0. The molecule has 1 amide bonds. The minimum atomic E-state index is -0.439. The molecule has 1 heterocycles. The van der Waals surface area contributed by atoms with E-state index in [0.717, 1.165) is 12.2 Å². The summed E-state index contributed by atoms with van der Waals surface area (Å²) in [6, 6.07) is 8.20. The number of nitrogens with zero attached hydrogens (tertiary/aromatic N) is 1. The van der Waals surface area contributed by atoms with E-state index in [2.05, 4.69) is 12.1 Å². The van der Waals surface area contributed by atoms with Crippen LogP contribution in [0.1, 0.15) is 39.2 Å². The topological polar surface area (TPSA) is 29.5 Å². The normalized spacial score (nSPS) is 19.8. The number of benzene rings is 1. The summed E-state index contributed by atoms with van der Waals surface area (Å²) in [6.45, 7) is 6.49. The van der Waals surface area contributed by atoms with Gasteiger partial charge in [0, 0.05) is 12.0 Å². The van der Waals surface area contributed by atoms with Crippen LogP contribution in [0.15, 0.2) is 24.3 Å². The smallest absolute Gasteiger partial charge is 0.414 e. The monoisotopic (exact) mass is 245 g/mol. The van der Waals surface area contributed by atoms with E-state index in [9.17, 15) is 4.79 Å². The molecule has 0 bridgehead atoms. The number of carbonyl (C=O) groups excluding carboxylic acids is 1. The van der Waals surface area contributed by atoms with Crippen LogP contribution in [0, 0.1) is 0 Å². The maximum absolute atomic E-state index is 12.2. The van der Waals surface area contributed by atoms with Crippen molar-refractivity contribution in [2.75, 3.05) is 11.4 Å². The highest BCUT2D eigenvalue weighted by molar-refractivity contribution is 5.92. The third-order valence-electron chi connectivity index (χ3n) is 3.69. The van der Waals surface area contributed by atoms with Crippen LogP contribution >= 0.6 is 0 Å². The molecule has 3 nitrogen and oxygen atoms in total. The lowest BCUT2D eigenvalue weighted by Crippen LogP contribution is -2.37. The molecule has 1 aromatic carbocycles. The van der Waals surface area contributed by atoms with E-state index in [4.69, 9.17) is 4.74 Å². The van der Waals surface area contributed by atoms with E-state index in [0.29, 0.717) is 0 Å². The van der Waals surface area contributed by atoms with Gasteiger partial charge in [-0.05, 0) is 45.2 Å². The Morgan fingerprint density at radius 1 is 1.28 bits per heavy atom.